The molecule has 0 fully saturated rings. The quantitative estimate of drug-likeness (QED) is 0.171. The van der Waals surface area contributed by atoms with Crippen molar-refractivity contribution < 1.29 is 8.83 Å². The topological polar surface area (TPSA) is 65.0 Å². The van der Waals surface area contributed by atoms with Crippen LogP contribution in [0.5, 0.6) is 0 Å². The smallest absolute Gasteiger partial charge is 0.164 e. The summed E-state index contributed by atoms with van der Waals surface area (Å²) in [5.74, 6) is 1.81. The van der Waals surface area contributed by atoms with E-state index in [1.807, 2.05) is 66.7 Å². The molecular formula is C51H31N3O2. The Morgan fingerprint density at radius 1 is 0.286 bits per heavy atom. The van der Waals surface area contributed by atoms with Gasteiger partial charge in [-0.15, -0.1) is 0 Å². The number of aromatic nitrogens is 3. The Morgan fingerprint density at radius 3 is 1.61 bits per heavy atom. The molecule has 0 N–H and O–H groups in total. The van der Waals surface area contributed by atoms with Gasteiger partial charge >= 0.3 is 0 Å². The second-order valence-corrected chi connectivity index (χ2v) is 14.0. The van der Waals surface area contributed by atoms with Crippen molar-refractivity contribution in [2.45, 2.75) is 0 Å². The molecule has 0 bridgehead atoms. The minimum Gasteiger partial charge on any atom is -0.456 e. The summed E-state index contributed by atoms with van der Waals surface area (Å²) in [6.45, 7) is 0. The summed E-state index contributed by atoms with van der Waals surface area (Å²) in [4.78, 5) is 15.2. The highest BCUT2D eigenvalue weighted by Crippen LogP contribution is 2.42. The second kappa shape index (κ2) is 13.0. The zero-order valence-electron chi connectivity index (χ0n) is 30.1. The third-order valence-corrected chi connectivity index (χ3v) is 10.6. The van der Waals surface area contributed by atoms with Crippen molar-refractivity contribution in [1.29, 1.82) is 0 Å². The summed E-state index contributed by atoms with van der Waals surface area (Å²) in [5, 5.41) is 4.13. The van der Waals surface area contributed by atoms with E-state index in [0.717, 1.165) is 93.9 Å². The molecule has 0 aliphatic rings. The number of para-hydroxylation sites is 1. The van der Waals surface area contributed by atoms with E-state index in [0.29, 0.717) is 17.5 Å². The predicted octanol–water partition coefficient (Wildman–Crippen LogP) is 13.7. The fraction of sp³-hybridized carbons (Fsp3) is 0. The molecule has 56 heavy (non-hydrogen) atoms. The number of nitrogens with zero attached hydrogens (tertiary/aromatic N) is 3. The van der Waals surface area contributed by atoms with Crippen molar-refractivity contribution in [3.8, 4) is 67.5 Å². The first-order valence-corrected chi connectivity index (χ1v) is 18.7. The predicted molar refractivity (Wildman–Crippen MR) is 227 cm³/mol. The molecule has 0 amide bonds. The molecule has 5 nitrogen and oxygen atoms in total. The Hall–Kier alpha value is -7.63. The van der Waals surface area contributed by atoms with Crippen molar-refractivity contribution in [3.63, 3.8) is 0 Å². The van der Waals surface area contributed by atoms with E-state index in [1.54, 1.807) is 0 Å². The van der Waals surface area contributed by atoms with Gasteiger partial charge in [0.05, 0.1) is 0 Å². The first-order chi connectivity index (χ1) is 27.7. The lowest BCUT2D eigenvalue weighted by Crippen LogP contribution is -2.00. The van der Waals surface area contributed by atoms with E-state index >= 15 is 0 Å². The lowest BCUT2D eigenvalue weighted by atomic mass is 9.95. The molecule has 5 heteroatoms. The summed E-state index contributed by atoms with van der Waals surface area (Å²) >= 11 is 0. The van der Waals surface area contributed by atoms with E-state index in [1.165, 1.54) is 0 Å². The molecule has 11 rings (SSSR count). The number of fused-ring (bicyclic) bond motifs is 6. The molecule has 0 aliphatic carbocycles. The minimum absolute atomic E-state index is 0.586. The van der Waals surface area contributed by atoms with Gasteiger partial charge in [-0.2, -0.15) is 0 Å². The molecule has 0 atom stereocenters. The molecule has 3 heterocycles. The fourth-order valence-corrected chi connectivity index (χ4v) is 7.80. The lowest BCUT2D eigenvalue weighted by molar-refractivity contribution is 0.669. The van der Waals surface area contributed by atoms with Crippen LogP contribution in [0.25, 0.3) is 111 Å². The average molecular weight is 718 g/mol. The summed E-state index contributed by atoms with van der Waals surface area (Å²) in [5.41, 5.74) is 12.6. The van der Waals surface area contributed by atoms with Crippen LogP contribution in [0.4, 0.5) is 0 Å². The summed E-state index contributed by atoms with van der Waals surface area (Å²) < 4.78 is 13.1. The molecule has 0 unspecified atom stereocenters. The third-order valence-electron chi connectivity index (χ3n) is 10.6. The van der Waals surface area contributed by atoms with Gasteiger partial charge in [-0.1, -0.05) is 152 Å². The van der Waals surface area contributed by atoms with E-state index in [-0.39, 0.29) is 0 Å². The SMILES string of the molecule is c1ccc(-c2ccc(-c3nc(-c4ccccc4)nc(-c4cccc5oc6cc(-c7cc(-c8ccccc8)c8oc9ccccc9c8c7)ccc6c45)n3)cc2)cc1. The van der Waals surface area contributed by atoms with Gasteiger partial charge in [-0.3, -0.25) is 0 Å². The summed E-state index contributed by atoms with van der Waals surface area (Å²) in [6, 6.07) is 64.5. The zero-order chi connectivity index (χ0) is 37.0. The van der Waals surface area contributed by atoms with Gasteiger partial charge in [0, 0.05) is 43.8 Å². The van der Waals surface area contributed by atoms with Gasteiger partial charge in [0.2, 0.25) is 0 Å². The van der Waals surface area contributed by atoms with E-state index in [4.69, 9.17) is 23.8 Å². The number of furan rings is 2. The normalized spacial score (nSPS) is 11.6. The first kappa shape index (κ1) is 31.9. The van der Waals surface area contributed by atoms with Gasteiger partial charge < -0.3 is 8.83 Å². The van der Waals surface area contributed by atoms with Crippen molar-refractivity contribution in [3.05, 3.63) is 188 Å². The number of hydrogen-bond acceptors (Lipinski definition) is 5. The van der Waals surface area contributed by atoms with Crippen molar-refractivity contribution in [1.82, 2.24) is 15.0 Å². The molecule has 262 valence electrons. The Morgan fingerprint density at radius 2 is 0.857 bits per heavy atom. The van der Waals surface area contributed by atoms with Crippen LogP contribution in [0.3, 0.4) is 0 Å². The molecule has 8 aromatic carbocycles. The van der Waals surface area contributed by atoms with Crippen molar-refractivity contribution in [2.24, 2.45) is 0 Å². The lowest BCUT2D eigenvalue weighted by Gasteiger charge is -2.10. The standard InChI is InChI=1S/C51H31N3O2/c1-4-13-32(14-5-1)33-23-25-36(26-24-33)50-52-49(35-17-8-3-9-18-35)53-51(54-50)41-20-12-22-45-47(41)40-28-27-37(31-46(40)55-45)38-29-42(34-15-6-2-7-16-34)48-43(30-38)39-19-10-11-21-44(39)56-48/h1-31H. The molecule has 0 saturated carbocycles. The monoisotopic (exact) mass is 717 g/mol. The van der Waals surface area contributed by atoms with E-state index < -0.39 is 0 Å². The summed E-state index contributed by atoms with van der Waals surface area (Å²) in [7, 11) is 0. The van der Waals surface area contributed by atoms with Gasteiger partial charge in [0.1, 0.15) is 22.3 Å². The highest BCUT2D eigenvalue weighted by molar-refractivity contribution is 6.14. The maximum absolute atomic E-state index is 6.63. The molecular weight excluding hydrogens is 687 g/mol. The molecule has 0 aliphatic heterocycles. The number of benzene rings is 8. The molecule has 11 aromatic rings. The minimum atomic E-state index is 0.586. The third kappa shape index (κ3) is 5.45. The first-order valence-electron chi connectivity index (χ1n) is 18.7. The summed E-state index contributed by atoms with van der Waals surface area (Å²) in [6.07, 6.45) is 0. The van der Waals surface area contributed by atoms with Crippen LogP contribution in [0.15, 0.2) is 197 Å². The van der Waals surface area contributed by atoms with Crippen LogP contribution in [0.2, 0.25) is 0 Å². The molecule has 0 spiro atoms. The van der Waals surface area contributed by atoms with Crippen LogP contribution in [-0.4, -0.2) is 15.0 Å². The Labute approximate surface area is 322 Å². The van der Waals surface area contributed by atoms with Gasteiger partial charge in [-0.25, -0.2) is 15.0 Å². The van der Waals surface area contributed by atoms with Crippen LogP contribution >= 0.6 is 0 Å². The number of rotatable bonds is 6. The molecule has 0 saturated heterocycles. The highest BCUT2D eigenvalue weighted by atomic mass is 16.3. The van der Waals surface area contributed by atoms with Crippen LogP contribution in [0, 0.1) is 0 Å². The fourth-order valence-electron chi connectivity index (χ4n) is 7.80. The maximum Gasteiger partial charge on any atom is 0.164 e. The largest absolute Gasteiger partial charge is 0.456 e. The van der Waals surface area contributed by atoms with E-state index in [2.05, 4.69) is 121 Å². The molecule has 0 radical (unpaired) electrons. The van der Waals surface area contributed by atoms with E-state index in [9.17, 15) is 0 Å². The van der Waals surface area contributed by atoms with Gasteiger partial charge in [0.15, 0.2) is 17.5 Å². The Balaban J connectivity index is 1.06. The van der Waals surface area contributed by atoms with Crippen molar-refractivity contribution >= 4 is 43.9 Å². The van der Waals surface area contributed by atoms with Gasteiger partial charge in [0.25, 0.3) is 0 Å². The van der Waals surface area contributed by atoms with Crippen LogP contribution in [0.1, 0.15) is 0 Å². The Bertz CT molecular complexity index is 3220. The number of hydrogen-bond donors (Lipinski definition) is 0. The van der Waals surface area contributed by atoms with Crippen LogP contribution in [-0.2, 0) is 0 Å². The van der Waals surface area contributed by atoms with Crippen molar-refractivity contribution in [2.75, 3.05) is 0 Å². The average Bonchev–Trinajstić information content (AvgIpc) is 3.85. The zero-order valence-corrected chi connectivity index (χ0v) is 30.1. The highest BCUT2D eigenvalue weighted by Gasteiger charge is 2.20. The molecule has 3 aromatic heterocycles. The Kier molecular flexibility index (Phi) is 7.42. The second-order valence-electron chi connectivity index (χ2n) is 14.0. The van der Waals surface area contributed by atoms with Crippen LogP contribution < -0.4 is 0 Å². The maximum atomic E-state index is 6.63. The van der Waals surface area contributed by atoms with Gasteiger partial charge in [-0.05, 0) is 64.2 Å².